The van der Waals surface area contributed by atoms with Crippen LogP contribution in [0.3, 0.4) is 0 Å². The van der Waals surface area contributed by atoms with Crippen molar-refractivity contribution in [1.29, 1.82) is 0 Å². The molecule has 6 nitrogen and oxygen atoms in total. The molecule has 0 bridgehead atoms. The maximum Gasteiger partial charge on any atom is 0.434 e. The molecule has 0 aliphatic carbocycles. The van der Waals surface area contributed by atoms with Crippen LogP contribution in [0.2, 0.25) is 0 Å². The summed E-state index contributed by atoms with van der Waals surface area (Å²) in [6.07, 6.45) is -4.09. The van der Waals surface area contributed by atoms with Gasteiger partial charge in [0.1, 0.15) is 17.1 Å². The standard InChI is InChI=1S/C18H25F3N4O2S.HI/c1-5-22-16(23-7-6-15-25-14(9-28-15)18(19,20)21)24-10-17(4,26)13-8-11(2)27-12(13)3;/h8-9,26H,5-7,10H2,1-4H3,(H2,22,23,24);1H. The third kappa shape index (κ3) is 7.45. The van der Waals surface area contributed by atoms with E-state index in [1.54, 1.807) is 19.9 Å². The SMILES string of the molecule is CCNC(=NCC(C)(O)c1cc(C)oc1C)NCCc1nc(C(F)(F)F)cs1.I. The highest BCUT2D eigenvalue weighted by Gasteiger charge is 2.33. The summed E-state index contributed by atoms with van der Waals surface area (Å²) in [5, 5.41) is 18.3. The minimum atomic E-state index is -4.42. The molecule has 164 valence electrons. The number of hydrogen-bond acceptors (Lipinski definition) is 5. The Balaban J connectivity index is 0.00000420. The van der Waals surface area contributed by atoms with Crippen molar-refractivity contribution in [3.05, 3.63) is 39.2 Å². The Bertz CT molecular complexity index is 818. The van der Waals surface area contributed by atoms with Gasteiger partial charge in [0.25, 0.3) is 0 Å². The van der Waals surface area contributed by atoms with Gasteiger partial charge in [0.05, 0.1) is 11.6 Å². The lowest BCUT2D eigenvalue weighted by Crippen LogP contribution is -2.39. The van der Waals surface area contributed by atoms with E-state index in [1.807, 2.05) is 13.8 Å². The van der Waals surface area contributed by atoms with Gasteiger partial charge in [-0.05, 0) is 33.8 Å². The van der Waals surface area contributed by atoms with Crippen molar-refractivity contribution in [2.45, 2.75) is 45.9 Å². The lowest BCUT2D eigenvalue weighted by atomic mass is 9.96. The Kier molecular flexibility index (Phi) is 9.41. The van der Waals surface area contributed by atoms with Crippen LogP contribution in [-0.4, -0.2) is 35.7 Å². The number of aliphatic imine (C=N–C) groups is 1. The summed E-state index contributed by atoms with van der Waals surface area (Å²) in [5.41, 5.74) is -1.40. The average molecular weight is 546 g/mol. The summed E-state index contributed by atoms with van der Waals surface area (Å²) in [7, 11) is 0. The summed E-state index contributed by atoms with van der Waals surface area (Å²) >= 11 is 0.978. The molecule has 11 heteroatoms. The summed E-state index contributed by atoms with van der Waals surface area (Å²) < 4.78 is 43.3. The van der Waals surface area contributed by atoms with Crippen LogP contribution < -0.4 is 10.6 Å². The van der Waals surface area contributed by atoms with E-state index in [2.05, 4.69) is 20.6 Å². The third-order valence-electron chi connectivity index (χ3n) is 3.98. The van der Waals surface area contributed by atoms with Gasteiger partial charge in [0.15, 0.2) is 11.7 Å². The molecule has 0 aromatic carbocycles. The molecule has 3 N–H and O–H groups in total. The number of furan rings is 1. The first-order chi connectivity index (χ1) is 13.0. The van der Waals surface area contributed by atoms with Crippen LogP contribution in [0.15, 0.2) is 20.9 Å². The first kappa shape index (κ1) is 25.7. The van der Waals surface area contributed by atoms with Gasteiger partial charge in [-0.2, -0.15) is 13.2 Å². The van der Waals surface area contributed by atoms with E-state index in [0.717, 1.165) is 16.7 Å². The van der Waals surface area contributed by atoms with Crippen molar-refractivity contribution in [3.63, 3.8) is 0 Å². The molecule has 2 aromatic rings. The van der Waals surface area contributed by atoms with Crippen molar-refractivity contribution in [1.82, 2.24) is 15.6 Å². The average Bonchev–Trinajstić information content (AvgIpc) is 3.19. The summed E-state index contributed by atoms with van der Waals surface area (Å²) in [5.74, 6) is 1.82. The van der Waals surface area contributed by atoms with Gasteiger partial charge in [-0.15, -0.1) is 35.3 Å². The zero-order valence-electron chi connectivity index (χ0n) is 16.7. The normalized spacial score (nSPS) is 14.3. The van der Waals surface area contributed by atoms with Gasteiger partial charge in [0, 0.05) is 30.5 Å². The second kappa shape index (κ2) is 10.6. The van der Waals surface area contributed by atoms with E-state index in [4.69, 9.17) is 4.42 Å². The number of halogens is 4. The van der Waals surface area contributed by atoms with Crippen molar-refractivity contribution in [2.24, 2.45) is 4.99 Å². The molecule has 0 radical (unpaired) electrons. The molecule has 0 amide bonds. The van der Waals surface area contributed by atoms with E-state index in [1.165, 1.54) is 0 Å². The molecule has 0 saturated carbocycles. The van der Waals surface area contributed by atoms with Crippen LogP contribution in [0.25, 0.3) is 0 Å². The first-order valence-corrected chi connectivity index (χ1v) is 9.74. The van der Waals surface area contributed by atoms with Crippen LogP contribution in [-0.2, 0) is 18.2 Å². The summed E-state index contributed by atoms with van der Waals surface area (Å²) in [6, 6.07) is 1.78. The Hall–Kier alpha value is -1.34. The quantitative estimate of drug-likeness (QED) is 0.278. The molecular formula is C18H26F3IN4O2S. The van der Waals surface area contributed by atoms with Crippen LogP contribution >= 0.6 is 35.3 Å². The topological polar surface area (TPSA) is 82.7 Å². The highest BCUT2D eigenvalue weighted by molar-refractivity contribution is 14.0. The van der Waals surface area contributed by atoms with E-state index in [9.17, 15) is 18.3 Å². The maximum atomic E-state index is 12.6. The number of rotatable bonds is 7. The highest BCUT2D eigenvalue weighted by atomic mass is 127. The van der Waals surface area contributed by atoms with Gasteiger partial charge in [0.2, 0.25) is 0 Å². The molecule has 1 unspecified atom stereocenters. The molecule has 0 fully saturated rings. The van der Waals surface area contributed by atoms with Crippen LogP contribution in [0.4, 0.5) is 13.2 Å². The Morgan fingerprint density at radius 2 is 2.00 bits per heavy atom. The molecule has 2 rings (SSSR count). The van der Waals surface area contributed by atoms with Gasteiger partial charge in [-0.3, -0.25) is 0 Å². The predicted octanol–water partition coefficient (Wildman–Crippen LogP) is 4.00. The van der Waals surface area contributed by atoms with Crippen molar-refractivity contribution in [2.75, 3.05) is 19.6 Å². The van der Waals surface area contributed by atoms with Gasteiger partial charge in [-0.25, -0.2) is 9.98 Å². The van der Waals surface area contributed by atoms with Crippen LogP contribution in [0, 0.1) is 13.8 Å². The number of nitrogens with one attached hydrogen (secondary N) is 2. The largest absolute Gasteiger partial charge is 0.466 e. The Morgan fingerprint density at radius 1 is 1.31 bits per heavy atom. The van der Waals surface area contributed by atoms with Crippen LogP contribution in [0.5, 0.6) is 0 Å². The molecule has 1 atom stereocenters. The molecule has 0 saturated heterocycles. The van der Waals surface area contributed by atoms with Crippen molar-refractivity contribution < 1.29 is 22.7 Å². The molecule has 0 aliphatic rings. The van der Waals surface area contributed by atoms with Crippen molar-refractivity contribution in [3.8, 4) is 0 Å². The summed E-state index contributed by atoms with van der Waals surface area (Å²) in [4.78, 5) is 8.00. The fourth-order valence-corrected chi connectivity index (χ4v) is 3.47. The fraction of sp³-hybridized carbons (Fsp3) is 0.556. The smallest absolute Gasteiger partial charge is 0.434 e. The number of alkyl halides is 3. The molecule has 0 spiro atoms. The number of hydrogen-bond donors (Lipinski definition) is 3. The number of thiazole rings is 1. The molecule has 0 aliphatic heterocycles. The van der Waals surface area contributed by atoms with E-state index in [-0.39, 0.29) is 30.5 Å². The van der Waals surface area contributed by atoms with E-state index in [0.29, 0.717) is 47.6 Å². The third-order valence-corrected chi connectivity index (χ3v) is 4.89. The van der Waals surface area contributed by atoms with E-state index >= 15 is 0 Å². The number of aromatic nitrogens is 1. The minimum absolute atomic E-state index is 0. The second-order valence-electron chi connectivity index (χ2n) is 6.60. The highest BCUT2D eigenvalue weighted by Crippen LogP contribution is 2.30. The van der Waals surface area contributed by atoms with Gasteiger partial charge in [-0.1, -0.05) is 0 Å². The lowest BCUT2D eigenvalue weighted by Gasteiger charge is -2.21. The maximum absolute atomic E-state index is 12.6. The Morgan fingerprint density at radius 3 is 2.52 bits per heavy atom. The van der Waals surface area contributed by atoms with Crippen molar-refractivity contribution >= 4 is 41.3 Å². The zero-order valence-corrected chi connectivity index (χ0v) is 19.8. The summed E-state index contributed by atoms with van der Waals surface area (Å²) in [6.45, 7) is 8.21. The van der Waals surface area contributed by atoms with Gasteiger partial charge >= 0.3 is 6.18 Å². The number of aliphatic hydroxyl groups is 1. The molecule has 2 heterocycles. The van der Waals surface area contributed by atoms with Gasteiger partial charge < -0.3 is 20.2 Å². The predicted molar refractivity (Wildman–Crippen MR) is 118 cm³/mol. The Labute approximate surface area is 189 Å². The monoisotopic (exact) mass is 546 g/mol. The molecular weight excluding hydrogens is 520 g/mol. The minimum Gasteiger partial charge on any atom is -0.466 e. The number of nitrogens with zero attached hydrogens (tertiary/aromatic N) is 2. The molecule has 29 heavy (non-hydrogen) atoms. The second-order valence-corrected chi connectivity index (χ2v) is 7.54. The van der Waals surface area contributed by atoms with Crippen LogP contribution in [0.1, 0.15) is 41.6 Å². The zero-order chi connectivity index (χ0) is 20.9. The molecule has 2 aromatic heterocycles. The van der Waals surface area contributed by atoms with E-state index < -0.39 is 17.5 Å². The first-order valence-electron chi connectivity index (χ1n) is 8.86. The number of guanidine groups is 1. The lowest BCUT2D eigenvalue weighted by molar-refractivity contribution is -0.140. The fourth-order valence-electron chi connectivity index (χ4n) is 2.67. The number of aryl methyl sites for hydroxylation is 2.